The summed E-state index contributed by atoms with van der Waals surface area (Å²) in [5, 5.41) is 12.8. The molecule has 0 spiro atoms. The van der Waals surface area contributed by atoms with E-state index in [2.05, 4.69) is 342 Å². The number of rotatable bonds is 10. The second kappa shape index (κ2) is 31.5. The van der Waals surface area contributed by atoms with E-state index in [4.69, 9.17) is 0 Å². The number of para-hydroxylation sites is 14. The molecule has 135 heavy (non-hydrogen) atoms. The molecular weight excluding hydrogens is 1650 g/mol. The SMILES string of the molecule is O=c1c2ccccc2n2c3ccc(-c4ccc5c(c4)c4ccccc4n5-c4ccccc4)cc3cc2n1-c1ccccc1.O=c1c2ccccc2n2c3ccccc3c(-c3ccc(-c4ccc5c(c4)c4ccccc4n5-c4ccccc4)cc3)c2n1-c1ccccc1.O=c1c2ccccc2n2c3ccccc3c(-c3ccc(-n4c5ccccc5c5ccccc54)cc3)c2n1-c1ccccc1. The van der Waals surface area contributed by atoms with Crippen LogP contribution in [-0.4, -0.2) is 40.6 Å². The van der Waals surface area contributed by atoms with Crippen LogP contribution in [0.3, 0.4) is 0 Å². The third-order valence-corrected chi connectivity index (χ3v) is 27.1. The minimum atomic E-state index is -0.0297. The van der Waals surface area contributed by atoms with E-state index in [9.17, 15) is 14.4 Å². The third kappa shape index (κ3) is 12.3. The zero-order valence-corrected chi connectivity index (χ0v) is 72.9. The monoisotopic (exact) mass is 1730 g/mol. The Morgan fingerprint density at radius 1 is 0.141 bits per heavy atom. The van der Waals surface area contributed by atoms with E-state index >= 15 is 0 Å². The van der Waals surface area contributed by atoms with Crippen molar-refractivity contribution in [3.05, 3.63) is 510 Å². The van der Waals surface area contributed by atoms with Crippen LogP contribution in [0.5, 0.6) is 0 Å². The first-order valence-corrected chi connectivity index (χ1v) is 45.6. The third-order valence-electron chi connectivity index (χ3n) is 27.1. The average Bonchev–Trinajstić information content (AvgIpc) is 1.57. The van der Waals surface area contributed by atoms with Crippen molar-refractivity contribution in [1.29, 1.82) is 0 Å². The van der Waals surface area contributed by atoms with Gasteiger partial charge in [-0.3, -0.25) is 41.3 Å². The van der Waals surface area contributed by atoms with Gasteiger partial charge in [0.15, 0.2) is 0 Å². The van der Waals surface area contributed by atoms with Gasteiger partial charge in [0, 0.05) is 76.7 Å². The number of nitrogens with zero attached hydrogens (tertiary/aromatic N) is 9. The maximum Gasteiger partial charge on any atom is 0.266 e. The van der Waals surface area contributed by atoms with E-state index in [-0.39, 0.29) is 16.7 Å². The molecule has 12 nitrogen and oxygen atoms in total. The highest BCUT2D eigenvalue weighted by atomic mass is 16.1. The Bertz CT molecular complexity index is 9810. The van der Waals surface area contributed by atoms with Gasteiger partial charge < -0.3 is 13.7 Å². The number of fused-ring (bicyclic) bond motifs is 24. The van der Waals surface area contributed by atoms with Crippen LogP contribution in [0.2, 0.25) is 0 Å². The second-order valence-corrected chi connectivity index (χ2v) is 34.5. The normalized spacial score (nSPS) is 11.8. The van der Waals surface area contributed by atoms with Crippen molar-refractivity contribution < 1.29 is 0 Å². The summed E-state index contributed by atoms with van der Waals surface area (Å²) in [6.07, 6.45) is 0. The van der Waals surface area contributed by atoms with Gasteiger partial charge in [0.1, 0.15) is 16.9 Å². The van der Waals surface area contributed by atoms with Crippen molar-refractivity contribution >= 4 is 148 Å². The zero-order valence-electron chi connectivity index (χ0n) is 72.9. The molecule has 0 amide bonds. The number of hydrogen-bond acceptors (Lipinski definition) is 3. The minimum Gasteiger partial charge on any atom is -0.309 e. The lowest BCUT2D eigenvalue weighted by atomic mass is 9.98. The molecule has 0 N–H and O–H groups in total. The largest absolute Gasteiger partial charge is 0.309 e. The lowest BCUT2D eigenvalue weighted by Gasteiger charge is -2.15. The topological polar surface area (TPSA) is 94.0 Å². The summed E-state index contributed by atoms with van der Waals surface area (Å²) in [5.41, 5.74) is 30.3. The first-order chi connectivity index (χ1) is 66.8. The Morgan fingerprint density at radius 3 is 0.756 bits per heavy atom. The maximum absolute atomic E-state index is 14.3. The molecule has 0 atom stereocenters. The fourth-order valence-electron chi connectivity index (χ4n) is 21.2. The molecule has 0 aliphatic carbocycles. The van der Waals surface area contributed by atoms with Gasteiger partial charge in [-0.2, -0.15) is 0 Å². The van der Waals surface area contributed by atoms with Crippen LogP contribution in [-0.2, 0) is 0 Å². The Kier molecular flexibility index (Phi) is 18.1. The van der Waals surface area contributed by atoms with Crippen LogP contribution in [0.15, 0.2) is 494 Å². The second-order valence-electron chi connectivity index (χ2n) is 34.5. The van der Waals surface area contributed by atoms with E-state index in [0.29, 0.717) is 16.2 Å². The molecule has 0 saturated heterocycles. The molecule has 0 saturated carbocycles. The van der Waals surface area contributed by atoms with Gasteiger partial charge in [-0.1, -0.05) is 291 Å². The molecular formula is C123H79N9O3. The molecule has 0 aliphatic heterocycles. The molecule has 19 aromatic carbocycles. The summed E-state index contributed by atoms with van der Waals surface area (Å²) in [6.45, 7) is 0. The van der Waals surface area contributed by atoms with Gasteiger partial charge in [-0.25, -0.2) is 0 Å². The fourth-order valence-corrected chi connectivity index (χ4v) is 21.2. The number of benzene rings is 19. The zero-order chi connectivity index (χ0) is 89.5. The summed E-state index contributed by atoms with van der Waals surface area (Å²) in [4.78, 5) is 42.3. The summed E-state index contributed by atoms with van der Waals surface area (Å²) >= 11 is 0. The van der Waals surface area contributed by atoms with Crippen molar-refractivity contribution in [2.75, 3.05) is 0 Å². The first kappa shape index (κ1) is 77.7. The molecule has 0 bridgehead atoms. The summed E-state index contributed by atoms with van der Waals surface area (Å²) in [6, 6.07) is 166. The van der Waals surface area contributed by atoms with Crippen molar-refractivity contribution in [1.82, 2.24) is 40.6 Å². The number of hydrogen-bond donors (Lipinski definition) is 0. The highest BCUT2D eigenvalue weighted by Gasteiger charge is 2.27. The molecule has 9 heterocycles. The quantitative estimate of drug-likeness (QED) is 0.136. The molecule has 0 unspecified atom stereocenters. The molecule has 28 aromatic rings. The van der Waals surface area contributed by atoms with Gasteiger partial charge in [0.05, 0.1) is 99.4 Å². The molecule has 0 aliphatic rings. The van der Waals surface area contributed by atoms with Crippen molar-refractivity contribution in [2.24, 2.45) is 0 Å². The van der Waals surface area contributed by atoms with E-state index < -0.39 is 0 Å². The summed E-state index contributed by atoms with van der Waals surface area (Å²) < 4.78 is 19.3. The Labute approximate surface area is 772 Å². The van der Waals surface area contributed by atoms with E-state index in [1.165, 1.54) is 65.4 Å². The predicted molar refractivity (Wildman–Crippen MR) is 559 cm³/mol. The Hall–Kier alpha value is -18.4. The Balaban J connectivity index is 0.000000106. The van der Waals surface area contributed by atoms with Gasteiger partial charge in [-0.05, 0) is 221 Å². The van der Waals surface area contributed by atoms with Crippen LogP contribution >= 0.6 is 0 Å². The smallest absolute Gasteiger partial charge is 0.266 e. The van der Waals surface area contributed by atoms with Crippen molar-refractivity contribution in [2.45, 2.75) is 0 Å². The Morgan fingerprint density at radius 2 is 0.378 bits per heavy atom. The number of aromatic nitrogens is 9. The van der Waals surface area contributed by atoms with Gasteiger partial charge in [-0.15, -0.1) is 0 Å². The summed E-state index contributed by atoms with van der Waals surface area (Å²) in [7, 11) is 0. The molecule has 0 fully saturated rings. The lowest BCUT2D eigenvalue weighted by molar-refractivity contribution is 1.01. The van der Waals surface area contributed by atoms with E-state index in [1.807, 2.05) is 177 Å². The lowest BCUT2D eigenvalue weighted by Crippen LogP contribution is -2.21. The highest BCUT2D eigenvalue weighted by Crippen LogP contribution is 2.45. The molecule has 0 radical (unpaired) electrons. The molecule has 9 aromatic heterocycles. The van der Waals surface area contributed by atoms with Crippen LogP contribution in [0.25, 0.3) is 226 Å². The average molecular weight is 1730 g/mol. The predicted octanol–water partition coefficient (Wildman–Crippen LogP) is 29.1. The van der Waals surface area contributed by atoms with Crippen LogP contribution in [0, 0.1) is 0 Å². The summed E-state index contributed by atoms with van der Waals surface area (Å²) in [5.74, 6) is 0. The van der Waals surface area contributed by atoms with Crippen LogP contribution in [0.1, 0.15) is 0 Å². The van der Waals surface area contributed by atoms with Crippen molar-refractivity contribution in [3.63, 3.8) is 0 Å². The van der Waals surface area contributed by atoms with Crippen LogP contribution < -0.4 is 16.7 Å². The van der Waals surface area contributed by atoms with Gasteiger partial charge in [0.2, 0.25) is 0 Å². The molecule has 12 heteroatoms. The fraction of sp³-hybridized carbons (Fsp3) is 0. The maximum atomic E-state index is 14.3. The van der Waals surface area contributed by atoms with E-state index in [1.54, 1.807) is 0 Å². The molecule has 28 rings (SSSR count). The first-order valence-electron chi connectivity index (χ1n) is 45.6. The van der Waals surface area contributed by atoms with Gasteiger partial charge in [0.25, 0.3) is 16.7 Å². The molecule has 634 valence electrons. The van der Waals surface area contributed by atoms with Crippen molar-refractivity contribution in [3.8, 4) is 78.6 Å². The standard InChI is InChI=1S/C45H29N3O.2C39H25N3O/c49-45-37-19-9-12-22-41(37)48-40-21-11-8-18-36(40)43(44(48)47(45)34-15-5-2-6-16-34)31-25-23-30(24-26-31)32-27-28-42-38(29-32)35-17-7-10-20-39(35)46(42)33-13-3-1-4-14-33;43-39-32-16-8-10-18-36(32)42-34-21-19-26(23-28(34)25-38(42)41(39)30-13-5-2-6-14-30)27-20-22-37-33(24-27)31-15-7-9-17-35(31)40(37)29-11-3-1-4-12-29;43-39-32-17-7-11-21-36(32)42-35-20-10-6-16-31(35)37(38(42)41(39)27-12-2-1-3-13-27)26-22-24-28(25-23-26)40-33-18-8-4-14-29(33)30-15-5-9-19-34(30)40/h1-29H;2*1-25H. The van der Waals surface area contributed by atoms with E-state index in [0.717, 1.165) is 145 Å². The minimum absolute atomic E-state index is 0.0161. The highest BCUT2D eigenvalue weighted by molar-refractivity contribution is 6.15. The van der Waals surface area contributed by atoms with Gasteiger partial charge >= 0.3 is 0 Å². The van der Waals surface area contributed by atoms with Crippen LogP contribution in [0.4, 0.5) is 0 Å².